The monoisotopic (exact) mass is 659 g/mol. The average molecular weight is 660 g/mol. The molecular formula is C34H43F6NO3S. The van der Waals surface area contributed by atoms with Gasteiger partial charge in [0.05, 0.1) is 11.5 Å². The number of benzene rings is 2. The third kappa shape index (κ3) is 9.98. The SMILES string of the molecule is O=S(=O)(CCCC1CCCN1CCCCCC1=C(c2cccc(F)c2)CCCc2cc(O)ccc21)CCCC(F)(F)C(F)(F)F. The Hall–Kier alpha value is -2.53. The number of rotatable bonds is 15. The highest BCUT2D eigenvalue weighted by molar-refractivity contribution is 7.91. The molecule has 1 aliphatic heterocycles. The van der Waals surface area contributed by atoms with Crippen LogP contribution in [0.1, 0.15) is 93.7 Å². The van der Waals surface area contributed by atoms with Gasteiger partial charge in [-0.3, -0.25) is 0 Å². The van der Waals surface area contributed by atoms with Crippen molar-refractivity contribution in [2.75, 3.05) is 24.6 Å². The van der Waals surface area contributed by atoms with Crippen molar-refractivity contribution in [3.8, 4) is 5.75 Å². The van der Waals surface area contributed by atoms with Crippen molar-refractivity contribution in [1.82, 2.24) is 4.90 Å². The van der Waals surface area contributed by atoms with Crippen molar-refractivity contribution >= 4 is 21.0 Å². The van der Waals surface area contributed by atoms with Crippen molar-refractivity contribution in [3.63, 3.8) is 0 Å². The number of likely N-dealkylation sites (tertiary alicyclic amines) is 1. The molecule has 45 heavy (non-hydrogen) atoms. The summed E-state index contributed by atoms with van der Waals surface area (Å²) < 4.78 is 102. The number of unbranched alkanes of at least 4 members (excludes halogenated alkanes) is 2. The number of halogens is 6. The Labute approximate surface area is 262 Å². The van der Waals surface area contributed by atoms with Crippen LogP contribution in [0.25, 0.3) is 11.1 Å². The molecule has 11 heteroatoms. The van der Waals surface area contributed by atoms with Crippen LogP contribution >= 0.6 is 0 Å². The Morgan fingerprint density at radius 3 is 2.42 bits per heavy atom. The van der Waals surface area contributed by atoms with Crippen molar-refractivity contribution in [2.45, 2.75) is 102 Å². The lowest BCUT2D eigenvalue weighted by Crippen LogP contribution is -2.36. The average Bonchev–Trinajstić information content (AvgIpc) is 3.31. The number of nitrogens with zero attached hydrogens (tertiary/aromatic N) is 1. The summed E-state index contributed by atoms with van der Waals surface area (Å²) in [6.07, 6.45) is 1.36. The number of alkyl halides is 5. The van der Waals surface area contributed by atoms with E-state index >= 15 is 0 Å². The van der Waals surface area contributed by atoms with Crippen LogP contribution in [0, 0.1) is 5.82 Å². The third-order valence-corrected chi connectivity index (χ3v) is 10.9. The minimum absolute atomic E-state index is 0.211. The van der Waals surface area contributed by atoms with Gasteiger partial charge >= 0.3 is 12.1 Å². The van der Waals surface area contributed by atoms with Gasteiger partial charge in [0.1, 0.15) is 21.4 Å². The fraction of sp³-hybridized carbons (Fsp3) is 0.588. The zero-order valence-corrected chi connectivity index (χ0v) is 26.3. The Morgan fingerprint density at radius 1 is 0.889 bits per heavy atom. The highest BCUT2D eigenvalue weighted by Gasteiger charge is 2.56. The first kappa shape index (κ1) is 35.3. The first-order valence-corrected chi connectivity index (χ1v) is 17.8. The van der Waals surface area contributed by atoms with Crippen LogP contribution < -0.4 is 0 Å². The first-order chi connectivity index (χ1) is 21.3. The van der Waals surface area contributed by atoms with E-state index in [4.69, 9.17) is 0 Å². The van der Waals surface area contributed by atoms with Crippen molar-refractivity contribution < 1.29 is 39.9 Å². The van der Waals surface area contributed by atoms with E-state index in [9.17, 15) is 39.9 Å². The summed E-state index contributed by atoms with van der Waals surface area (Å²) in [5.74, 6) is -5.78. The highest BCUT2D eigenvalue weighted by atomic mass is 32.2. The number of hydrogen-bond donors (Lipinski definition) is 1. The lowest BCUT2D eigenvalue weighted by Gasteiger charge is -2.24. The molecule has 0 spiro atoms. The van der Waals surface area contributed by atoms with Gasteiger partial charge in [0.15, 0.2) is 0 Å². The molecule has 2 aromatic carbocycles. The van der Waals surface area contributed by atoms with E-state index in [1.165, 1.54) is 11.6 Å². The topological polar surface area (TPSA) is 57.6 Å². The van der Waals surface area contributed by atoms with E-state index < -0.39 is 40.5 Å². The van der Waals surface area contributed by atoms with E-state index in [0.29, 0.717) is 12.8 Å². The van der Waals surface area contributed by atoms with E-state index in [1.54, 1.807) is 18.2 Å². The molecule has 0 radical (unpaired) electrons. The van der Waals surface area contributed by atoms with Crippen LogP contribution in [-0.4, -0.2) is 61.2 Å². The van der Waals surface area contributed by atoms with Gasteiger partial charge in [0.2, 0.25) is 0 Å². The zero-order valence-electron chi connectivity index (χ0n) is 25.5. The van der Waals surface area contributed by atoms with E-state index in [1.807, 2.05) is 18.2 Å². The Kier molecular flexibility index (Phi) is 12.1. The Bertz CT molecular complexity index is 1420. The quantitative estimate of drug-likeness (QED) is 0.153. The molecule has 2 aromatic rings. The molecule has 0 bridgehead atoms. The van der Waals surface area contributed by atoms with E-state index in [-0.39, 0.29) is 23.4 Å². The maximum atomic E-state index is 14.1. The molecule has 1 unspecified atom stereocenters. The van der Waals surface area contributed by atoms with Gasteiger partial charge < -0.3 is 10.0 Å². The van der Waals surface area contributed by atoms with E-state index in [2.05, 4.69) is 4.90 Å². The maximum absolute atomic E-state index is 14.1. The number of aromatic hydroxyl groups is 1. The molecule has 2 aliphatic rings. The second-order valence-corrected chi connectivity index (χ2v) is 14.7. The number of phenols is 1. The fourth-order valence-electron chi connectivity index (χ4n) is 6.74. The molecule has 0 aromatic heterocycles. The lowest BCUT2D eigenvalue weighted by atomic mass is 9.89. The predicted octanol–water partition coefficient (Wildman–Crippen LogP) is 8.98. The van der Waals surface area contributed by atoms with Crippen LogP contribution in [0.3, 0.4) is 0 Å². The summed E-state index contributed by atoms with van der Waals surface area (Å²) in [5.41, 5.74) is 5.48. The maximum Gasteiger partial charge on any atom is 0.453 e. The molecular weight excluding hydrogens is 616 g/mol. The normalized spacial score (nSPS) is 18.3. The van der Waals surface area contributed by atoms with Crippen LogP contribution in [0.15, 0.2) is 42.5 Å². The summed E-state index contributed by atoms with van der Waals surface area (Å²) >= 11 is 0. The lowest BCUT2D eigenvalue weighted by molar-refractivity contribution is -0.284. The standard InChI is InChI=1S/C34H43F6NO3S/c35-27-11-4-9-25(23-27)30-15-5-10-26-24-29(42)16-17-31(26)32(30)14-2-1-3-19-41-20-6-12-28(41)13-7-21-45(43,44)22-8-18-33(36,37)34(38,39)40/h4,9,11,16-17,23-24,28,42H,1-3,5-8,10,12-15,18-22H2. The van der Waals surface area contributed by atoms with E-state index in [0.717, 1.165) is 93.1 Å². The molecule has 250 valence electrons. The smallest absolute Gasteiger partial charge is 0.453 e. The molecule has 1 heterocycles. The van der Waals surface area contributed by atoms with Crippen LogP contribution in [0.2, 0.25) is 0 Å². The molecule has 0 amide bonds. The molecule has 1 aliphatic carbocycles. The zero-order chi connectivity index (χ0) is 32.7. The molecule has 1 saturated heterocycles. The van der Waals surface area contributed by atoms with Crippen molar-refractivity contribution in [1.29, 1.82) is 0 Å². The fourth-order valence-corrected chi connectivity index (χ4v) is 8.13. The van der Waals surface area contributed by atoms with Gasteiger partial charge in [-0.2, -0.15) is 22.0 Å². The van der Waals surface area contributed by atoms with Crippen molar-refractivity contribution in [2.24, 2.45) is 0 Å². The van der Waals surface area contributed by atoms with Gasteiger partial charge in [-0.05, 0) is 136 Å². The van der Waals surface area contributed by atoms with Crippen LogP contribution in [0.4, 0.5) is 26.3 Å². The number of allylic oxidation sites excluding steroid dienone is 2. The largest absolute Gasteiger partial charge is 0.508 e. The van der Waals surface area contributed by atoms with Crippen molar-refractivity contribution in [3.05, 3.63) is 65.0 Å². The van der Waals surface area contributed by atoms with Crippen LogP contribution in [-0.2, 0) is 16.3 Å². The highest BCUT2D eigenvalue weighted by Crippen LogP contribution is 2.40. The summed E-state index contributed by atoms with van der Waals surface area (Å²) in [5, 5.41) is 10.1. The minimum atomic E-state index is -5.67. The van der Waals surface area contributed by atoms with Crippen LogP contribution in [0.5, 0.6) is 5.75 Å². The van der Waals surface area contributed by atoms with Gasteiger partial charge in [-0.25, -0.2) is 12.8 Å². The van der Waals surface area contributed by atoms with Gasteiger partial charge in [-0.1, -0.05) is 24.6 Å². The molecule has 4 rings (SSSR count). The molecule has 1 fully saturated rings. The number of aryl methyl sites for hydroxylation is 1. The molecule has 1 N–H and O–H groups in total. The molecule has 0 saturated carbocycles. The number of sulfone groups is 1. The summed E-state index contributed by atoms with van der Waals surface area (Å²) in [7, 11) is -3.71. The van der Waals surface area contributed by atoms with Gasteiger partial charge in [0, 0.05) is 12.5 Å². The van der Waals surface area contributed by atoms with Gasteiger partial charge in [0.25, 0.3) is 0 Å². The minimum Gasteiger partial charge on any atom is -0.508 e. The summed E-state index contributed by atoms with van der Waals surface area (Å²) in [6.45, 7) is 1.81. The Morgan fingerprint density at radius 2 is 1.67 bits per heavy atom. The number of hydrogen-bond acceptors (Lipinski definition) is 4. The van der Waals surface area contributed by atoms with Gasteiger partial charge in [-0.15, -0.1) is 0 Å². The molecule has 1 atom stereocenters. The molecule has 4 nitrogen and oxygen atoms in total. The number of phenolic OH excluding ortho intramolecular Hbond substituents is 1. The number of fused-ring (bicyclic) bond motifs is 1. The second kappa shape index (κ2) is 15.4. The summed E-state index contributed by atoms with van der Waals surface area (Å²) in [4.78, 5) is 2.37. The third-order valence-electron chi connectivity index (χ3n) is 9.05. The Balaban J connectivity index is 1.26. The summed E-state index contributed by atoms with van der Waals surface area (Å²) in [6, 6.07) is 12.5. The second-order valence-electron chi connectivity index (χ2n) is 12.4. The predicted molar refractivity (Wildman–Crippen MR) is 165 cm³/mol. The first-order valence-electron chi connectivity index (χ1n) is 15.9.